The lowest BCUT2D eigenvalue weighted by Gasteiger charge is -2.39. The van der Waals surface area contributed by atoms with E-state index in [-0.39, 0.29) is 27.5 Å². The Balaban J connectivity index is 2.14. The van der Waals surface area contributed by atoms with E-state index in [0.717, 1.165) is 19.3 Å². The van der Waals surface area contributed by atoms with Crippen LogP contribution in [0.3, 0.4) is 0 Å². The van der Waals surface area contributed by atoms with Crippen LogP contribution in [-0.4, -0.2) is 27.2 Å². The van der Waals surface area contributed by atoms with E-state index in [0.29, 0.717) is 0 Å². The average molecular weight is 258 g/mol. The Kier molecular flexibility index (Phi) is 3.69. The molecule has 1 saturated carbocycles. The van der Waals surface area contributed by atoms with Crippen LogP contribution in [-0.2, 0) is 9.59 Å². The van der Waals surface area contributed by atoms with Gasteiger partial charge < -0.3 is 0 Å². The molecule has 1 saturated heterocycles. The lowest BCUT2D eigenvalue weighted by atomic mass is 9.75. The first-order chi connectivity index (χ1) is 7.54. The fourth-order valence-electron chi connectivity index (χ4n) is 2.83. The summed E-state index contributed by atoms with van der Waals surface area (Å²) < 4.78 is 0.252. The molecule has 2 fully saturated rings. The molecule has 0 amide bonds. The molecule has 90 valence electrons. The van der Waals surface area contributed by atoms with Crippen molar-refractivity contribution in [2.24, 2.45) is 11.8 Å². The largest absolute Gasteiger partial charge is 0.300 e. The molecule has 2 aliphatic rings. The van der Waals surface area contributed by atoms with Gasteiger partial charge in [0.2, 0.25) is 0 Å². The first-order valence-electron chi connectivity index (χ1n) is 5.83. The lowest BCUT2D eigenvalue weighted by Crippen LogP contribution is -2.39. The zero-order valence-corrected chi connectivity index (χ0v) is 11.5. The van der Waals surface area contributed by atoms with Gasteiger partial charge in [-0.1, -0.05) is 0 Å². The van der Waals surface area contributed by atoms with Crippen molar-refractivity contribution in [1.29, 1.82) is 0 Å². The van der Waals surface area contributed by atoms with Crippen molar-refractivity contribution in [1.82, 2.24) is 0 Å². The van der Waals surface area contributed by atoms with Crippen LogP contribution in [0.1, 0.15) is 33.1 Å². The standard InChI is InChI=1S/C12H18O2S2/c1-8(13)10-3-4-12(15-5-6-16-12)7-11(10)9(2)14/h10-11H,3-7H2,1-2H3/t10-,11-/m1/s1. The second kappa shape index (κ2) is 4.73. The molecule has 0 aromatic heterocycles. The fourth-order valence-corrected chi connectivity index (χ4v) is 6.19. The van der Waals surface area contributed by atoms with Crippen molar-refractivity contribution in [2.45, 2.75) is 37.2 Å². The van der Waals surface area contributed by atoms with E-state index in [2.05, 4.69) is 0 Å². The van der Waals surface area contributed by atoms with Crippen LogP contribution >= 0.6 is 23.5 Å². The molecule has 0 aromatic rings. The van der Waals surface area contributed by atoms with Gasteiger partial charge in [0.1, 0.15) is 11.6 Å². The van der Waals surface area contributed by atoms with Gasteiger partial charge in [0.05, 0.1) is 4.08 Å². The molecule has 0 radical (unpaired) electrons. The Hall–Kier alpha value is 0.0400. The summed E-state index contributed by atoms with van der Waals surface area (Å²) in [6, 6.07) is 0. The SMILES string of the molecule is CC(=O)[C@H]1CCC2(C[C@@H]1C(C)=O)SCCS2. The summed E-state index contributed by atoms with van der Waals surface area (Å²) in [5.74, 6) is 2.75. The number of thioether (sulfide) groups is 2. The van der Waals surface area contributed by atoms with Gasteiger partial charge in [-0.3, -0.25) is 9.59 Å². The summed E-state index contributed by atoms with van der Waals surface area (Å²) >= 11 is 4.00. The van der Waals surface area contributed by atoms with Crippen molar-refractivity contribution < 1.29 is 9.59 Å². The quantitative estimate of drug-likeness (QED) is 0.763. The highest BCUT2D eigenvalue weighted by Gasteiger charge is 2.46. The third-order valence-electron chi connectivity index (χ3n) is 3.71. The number of Topliss-reactive ketones (excluding diaryl/α,β-unsaturated/α-hetero) is 2. The van der Waals surface area contributed by atoms with Gasteiger partial charge in [-0.25, -0.2) is 0 Å². The third-order valence-corrected chi connectivity index (χ3v) is 7.29. The third kappa shape index (κ3) is 2.33. The minimum atomic E-state index is -0.0238. The van der Waals surface area contributed by atoms with E-state index in [1.54, 1.807) is 13.8 Å². The highest BCUT2D eigenvalue weighted by atomic mass is 32.2. The predicted octanol–water partition coefficient (Wildman–Crippen LogP) is 2.76. The number of hydrogen-bond acceptors (Lipinski definition) is 4. The van der Waals surface area contributed by atoms with Gasteiger partial charge in [-0.15, -0.1) is 23.5 Å². The summed E-state index contributed by atoms with van der Waals surface area (Å²) in [5, 5.41) is 0. The molecule has 0 unspecified atom stereocenters. The fraction of sp³-hybridized carbons (Fsp3) is 0.833. The lowest BCUT2D eigenvalue weighted by molar-refractivity contribution is -0.131. The molecule has 2 atom stereocenters. The monoisotopic (exact) mass is 258 g/mol. The van der Waals surface area contributed by atoms with Crippen molar-refractivity contribution in [3.8, 4) is 0 Å². The van der Waals surface area contributed by atoms with Crippen LogP contribution < -0.4 is 0 Å². The smallest absolute Gasteiger partial charge is 0.133 e. The van der Waals surface area contributed by atoms with Crippen LogP contribution in [0.4, 0.5) is 0 Å². The second-order valence-electron chi connectivity index (χ2n) is 4.78. The van der Waals surface area contributed by atoms with Crippen LogP contribution in [0.5, 0.6) is 0 Å². The second-order valence-corrected chi connectivity index (χ2v) is 8.00. The number of ketones is 2. The van der Waals surface area contributed by atoms with Crippen molar-refractivity contribution in [3.63, 3.8) is 0 Å². The first kappa shape index (κ1) is 12.5. The Morgan fingerprint density at radius 2 is 1.62 bits per heavy atom. The zero-order chi connectivity index (χ0) is 11.8. The van der Waals surface area contributed by atoms with Gasteiger partial charge in [0.15, 0.2) is 0 Å². The molecule has 16 heavy (non-hydrogen) atoms. The Bertz CT molecular complexity index is 308. The minimum Gasteiger partial charge on any atom is -0.300 e. The topological polar surface area (TPSA) is 34.1 Å². The highest BCUT2D eigenvalue weighted by molar-refractivity contribution is 8.21. The summed E-state index contributed by atoms with van der Waals surface area (Å²) in [4.78, 5) is 23.2. The van der Waals surface area contributed by atoms with Gasteiger partial charge in [0.25, 0.3) is 0 Å². The first-order valence-corrected chi connectivity index (χ1v) is 7.80. The summed E-state index contributed by atoms with van der Waals surface area (Å²) in [5.41, 5.74) is 0. The van der Waals surface area contributed by atoms with Crippen LogP contribution in [0, 0.1) is 11.8 Å². The zero-order valence-electron chi connectivity index (χ0n) is 9.82. The molecular weight excluding hydrogens is 240 g/mol. The van der Waals surface area contributed by atoms with Crippen LogP contribution in [0.15, 0.2) is 0 Å². The maximum absolute atomic E-state index is 11.7. The molecular formula is C12H18O2S2. The maximum atomic E-state index is 11.7. The van der Waals surface area contributed by atoms with E-state index >= 15 is 0 Å². The van der Waals surface area contributed by atoms with Crippen molar-refractivity contribution in [2.75, 3.05) is 11.5 Å². The number of carbonyl (C=O) groups excluding carboxylic acids is 2. The predicted molar refractivity (Wildman–Crippen MR) is 69.8 cm³/mol. The van der Waals surface area contributed by atoms with E-state index in [1.807, 2.05) is 23.5 Å². The highest BCUT2D eigenvalue weighted by Crippen LogP contribution is 2.55. The van der Waals surface area contributed by atoms with Gasteiger partial charge in [0, 0.05) is 23.3 Å². The Morgan fingerprint density at radius 1 is 1.06 bits per heavy atom. The van der Waals surface area contributed by atoms with E-state index < -0.39 is 0 Å². The summed E-state index contributed by atoms with van der Waals surface area (Å²) in [6.45, 7) is 3.28. The molecule has 0 bridgehead atoms. The molecule has 2 rings (SSSR count). The summed E-state index contributed by atoms with van der Waals surface area (Å²) in [6.07, 6.45) is 2.90. The molecule has 1 heterocycles. The Labute approximate surface area is 105 Å². The number of rotatable bonds is 2. The van der Waals surface area contributed by atoms with E-state index in [9.17, 15) is 9.59 Å². The number of hydrogen-bond donors (Lipinski definition) is 0. The van der Waals surface area contributed by atoms with E-state index in [4.69, 9.17) is 0 Å². The van der Waals surface area contributed by atoms with Crippen LogP contribution in [0.2, 0.25) is 0 Å². The molecule has 0 N–H and O–H groups in total. The van der Waals surface area contributed by atoms with E-state index in [1.165, 1.54) is 11.5 Å². The minimum absolute atomic E-state index is 0.00933. The van der Waals surface area contributed by atoms with Crippen LogP contribution in [0.25, 0.3) is 0 Å². The normalized spacial score (nSPS) is 32.9. The molecule has 1 aliphatic heterocycles. The summed E-state index contributed by atoms with van der Waals surface area (Å²) in [7, 11) is 0. The average Bonchev–Trinajstić information content (AvgIpc) is 2.66. The molecule has 2 nitrogen and oxygen atoms in total. The molecule has 4 heteroatoms. The number of carbonyl (C=O) groups is 2. The molecule has 1 aliphatic carbocycles. The van der Waals surface area contributed by atoms with Crippen molar-refractivity contribution in [3.05, 3.63) is 0 Å². The van der Waals surface area contributed by atoms with Gasteiger partial charge >= 0.3 is 0 Å². The van der Waals surface area contributed by atoms with Gasteiger partial charge in [-0.05, 0) is 33.1 Å². The Morgan fingerprint density at radius 3 is 2.12 bits per heavy atom. The van der Waals surface area contributed by atoms with Crippen molar-refractivity contribution >= 4 is 35.1 Å². The van der Waals surface area contributed by atoms with Gasteiger partial charge in [-0.2, -0.15) is 0 Å². The maximum Gasteiger partial charge on any atom is 0.133 e. The molecule has 1 spiro atoms. The molecule has 0 aromatic carbocycles.